The van der Waals surface area contributed by atoms with Crippen molar-refractivity contribution in [3.05, 3.63) is 29.6 Å². The molecule has 4 nitrogen and oxygen atoms in total. The minimum atomic E-state index is 0.116. The molecule has 0 saturated carbocycles. The van der Waals surface area contributed by atoms with E-state index in [1.165, 1.54) is 0 Å². The van der Waals surface area contributed by atoms with Crippen LogP contribution in [0.25, 0.3) is 0 Å². The van der Waals surface area contributed by atoms with E-state index >= 15 is 0 Å². The number of nitrogens with one attached hydrogen (secondary N) is 1. The zero-order valence-corrected chi connectivity index (χ0v) is 12.0. The molecule has 1 saturated heterocycles. The first-order valence-electron chi connectivity index (χ1n) is 7.06. The average molecular weight is 261 g/mol. The lowest BCUT2D eigenvalue weighted by atomic mass is 10.0. The molecule has 1 aliphatic rings. The van der Waals surface area contributed by atoms with Crippen molar-refractivity contribution in [2.24, 2.45) is 5.92 Å². The summed E-state index contributed by atoms with van der Waals surface area (Å²) in [5, 5.41) is 3.34. The maximum Gasteiger partial charge on any atom is 0.227 e. The largest absolute Gasteiger partial charge is 0.337 e. The Hall–Kier alpha value is -1.42. The van der Waals surface area contributed by atoms with Gasteiger partial charge in [-0.05, 0) is 45.9 Å². The summed E-state index contributed by atoms with van der Waals surface area (Å²) in [6, 6.07) is 6.24. The highest BCUT2D eigenvalue weighted by Crippen LogP contribution is 2.19. The van der Waals surface area contributed by atoms with E-state index in [0.29, 0.717) is 6.54 Å². The van der Waals surface area contributed by atoms with Gasteiger partial charge in [0.1, 0.15) is 0 Å². The molecule has 0 radical (unpaired) electrons. The van der Waals surface area contributed by atoms with Gasteiger partial charge in [0.15, 0.2) is 0 Å². The summed E-state index contributed by atoms with van der Waals surface area (Å²) < 4.78 is 0. The number of aryl methyl sites for hydroxylation is 1. The molecule has 2 heterocycles. The fourth-order valence-electron chi connectivity index (χ4n) is 2.66. The first kappa shape index (κ1) is 14.0. The average Bonchev–Trinajstić information content (AvgIpc) is 2.81. The molecule has 1 amide bonds. The highest BCUT2D eigenvalue weighted by Gasteiger charge is 2.32. The van der Waals surface area contributed by atoms with Crippen molar-refractivity contribution in [1.82, 2.24) is 15.2 Å². The summed E-state index contributed by atoms with van der Waals surface area (Å²) in [5.41, 5.74) is 1.96. The van der Waals surface area contributed by atoms with Gasteiger partial charge in [-0.3, -0.25) is 9.78 Å². The number of amides is 1. The topological polar surface area (TPSA) is 45.2 Å². The van der Waals surface area contributed by atoms with Crippen LogP contribution in [0.5, 0.6) is 0 Å². The molecule has 104 valence electrons. The number of hydrogen-bond acceptors (Lipinski definition) is 3. The van der Waals surface area contributed by atoms with Crippen molar-refractivity contribution >= 4 is 5.91 Å². The molecule has 1 fully saturated rings. The fourth-order valence-corrected chi connectivity index (χ4v) is 2.66. The SMILES string of the molecule is CCN(Cc1cccc(C)n1)C(=O)C1CCNC1C. The predicted molar refractivity (Wildman–Crippen MR) is 75.6 cm³/mol. The molecule has 0 spiro atoms. The standard InChI is InChI=1S/C15H23N3O/c1-4-18(10-13-7-5-6-11(2)17-13)15(19)14-8-9-16-12(14)3/h5-7,12,14,16H,4,8-10H2,1-3H3. The molecule has 2 unspecified atom stereocenters. The van der Waals surface area contributed by atoms with Gasteiger partial charge >= 0.3 is 0 Å². The molecular formula is C15H23N3O. The quantitative estimate of drug-likeness (QED) is 0.898. The summed E-state index contributed by atoms with van der Waals surface area (Å²) in [6.07, 6.45) is 0.942. The van der Waals surface area contributed by atoms with Crippen molar-refractivity contribution in [3.8, 4) is 0 Å². The van der Waals surface area contributed by atoms with Crippen molar-refractivity contribution < 1.29 is 4.79 Å². The number of pyridine rings is 1. The van der Waals surface area contributed by atoms with Gasteiger partial charge in [0.25, 0.3) is 0 Å². The summed E-state index contributed by atoms with van der Waals surface area (Å²) in [7, 11) is 0. The Morgan fingerprint density at radius 2 is 2.32 bits per heavy atom. The number of hydrogen-bond donors (Lipinski definition) is 1. The molecule has 1 aromatic rings. The molecule has 19 heavy (non-hydrogen) atoms. The van der Waals surface area contributed by atoms with Gasteiger partial charge in [0.05, 0.1) is 18.2 Å². The number of aromatic nitrogens is 1. The van der Waals surface area contributed by atoms with Crippen molar-refractivity contribution in [2.75, 3.05) is 13.1 Å². The van der Waals surface area contributed by atoms with Gasteiger partial charge in [-0.1, -0.05) is 6.07 Å². The minimum Gasteiger partial charge on any atom is -0.337 e. The summed E-state index contributed by atoms with van der Waals surface area (Å²) in [6.45, 7) is 8.38. The van der Waals surface area contributed by atoms with Crippen LogP contribution in [0.4, 0.5) is 0 Å². The van der Waals surface area contributed by atoms with Crippen LogP contribution in [0.1, 0.15) is 31.7 Å². The van der Waals surface area contributed by atoms with E-state index < -0.39 is 0 Å². The van der Waals surface area contributed by atoms with E-state index in [-0.39, 0.29) is 17.9 Å². The maximum absolute atomic E-state index is 12.5. The van der Waals surface area contributed by atoms with Gasteiger partial charge in [-0.15, -0.1) is 0 Å². The number of carbonyl (C=O) groups is 1. The van der Waals surface area contributed by atoms with Crippen LogP contribution in [0.3, 0.4) is 0 Å². The Morgan fingerprint density at radius 3 is 2.89 bits per heavy atom. The Labute approximate surface area is 115 Å². The molecule has 1 aliphatic heterocycles. The Balaban J connectivity index is 2.05. The van der Waals surface area contributed by atoms with Crippen molar-refractivity contribution in [2.45, 2.75) is 39.8 Å². The smallest absolute Gasteiger partial charge is 0.227 e. The van der Waals surface area contributed by atoms with E-state index in [1.807, 2.05) is 36.9 Å². The number of carbonyl (C=O) groups excluding carboxylic acids is 1. The second-order valence-corrected chi connectivity index (χ2v) is 5.26. The van der Waals surface area contributed by atoms with Crippen molar-refractivity contribution in [1.29, 1.82) is 0 Å². The second-order valence-electron chi connectivity index (χ2n) is 5.26. The molecular weight excluding hydrogens is 238 g/mol. The van der Waals surface area contributed by atoms with Crippen LogP contribution in [-0.4, -0.2) is 34.9 Å². The molecule has 1 aromatic heterocycles. The molecule has 4 heteroatoms. The van der Waals surface area contributed by atoms with Crippen LogP contribution in [0, 0.1) is 12.8 Å². The lowest BCUT2D eigenvalue weighted by Gasteiger charge is -2.25. The zero-order valence-electron chi connectivity index (χ0n) is 12.0. The first-order chi connectivity index (χ1) is 9.11. The van der Waals surface area contributed by atoms with Crippen LogP contribution in [0.15, 0.2) is 18.2 Å². The molecule has 0 bridgehead atoms. The van der Waals surface area contributed by atoms with E-state index in [9.17, 15) is 4.79 Å². The normalized spacial score (nSPS) is 22.5. The van der Waals surface area contributed by atoms with Crippen LogP contribution < -0.4 is 5.32 Å². The van der Waals surface area contributed by atoms with Crippen LogP contribution >= 0.6 is 0 Å². The number of rotatable bonds is 4. The van der Waals surface area contributed by atoms with Gasteiger partial charge in [-0.25, -0.2) is 0 Å². The molecule has 2 atom stereocenters. The molecule has 0 aromatic carbocycles. The van der Waals surface area contributed by atoms with Crippen LogP contribution in [0.2, 0.25) is 0 Å². The third kappa shape index (κ3) is 3.32. The summed E-state index contributed by atoms with van der Waals surface area (Å²) in [5.74, 6) is 0.369. The summed E-state index contributed by atoms with van der Waals surface area (Å²) in [4.78, 5) is 18.9. The summed E-state index contributed by atoms with van der Waals surface area (Å²) >= 11 is 0. The van der Waals surface area contributed by atoms with E-state index in [1.54, 1.807) is 0 Å². The molecule has 2 rings (SSSR count). The molecule has 0 aliphatic carbocycles. The van der Waals surface area contributed by atoms with Gasteiger partial charge in [-0.2, -0.15) is 0 Å². The maximum atomic E-state index is 12.5. The highest BCUT2D eigenvalue weighted by atomic mass is 16.2. The van der Waals surface area contributed by atoms with E-state index in [4.69, 9.17) is 0 Å². The van der Waals surface area contributed by atoms with Crippen LogP contribution in [-0.2, 0) is 11.3 Å². The van der Waals surface area contributed by atoms with Gasteiger partial charge in [0, 0.05) is 18.3 Å². The second kappa shape index (κ2) is 6.15. The third-order valence-corrected chi connectivity index (χ3v) is 3.83. The van der Waals surface area contributed by atoms with E-state index in [2.05, 4.69) is 17.2 Å². The molecule has 1 N–H and O–H groups in total. The zero-order chi connectivity index (χ0) is 13.8. The van der Waals surface area contributed by atoms with Gasteiger partial charge in [0.2, 0.25) is 5.91 Å². The van der Waals surface area contributed by atoms with Crippen molar-refractivity contribution in [3.63, 3.8) is 0 Å². The lowest BCUT2D eigenvalue weighted by Crippen LogP contribution is -2.40. The number of nitrogens with zero attached hydrogens (tertiary/aromatic N) is 2. The Morgan fingerprint density at radius 1 is 1.53 bits per heavy atom. The fraction of sp³-hybridized carbons (Fsp3) is 0.600. The van der Waals surface area contributed by atoms with Gasteiger partial charge < -0.3 is 10.2 Å². The lowest BCUT2D eigenvalue weighted by molar-refractivity contribution is -0.136. The Bertz CT molecular complexity index is 447. The first-order valence-corrected chi connectivity index (χ1v) is 7.06. The monoisotopic (exact) mass is 261 g/mol. The Kier molecular flexibility index (Phi) is 4.53. The van der Waals surface area contributed by atoms with E-state index in [0.717, 1.165) is 30.9 Å². The highest BCUT2D eigenvalue weighted by molar-refractivity contribution is 5.79. The predicted octanol–water partition coefficient (Wildman–Crippen LogP) is 1.74. The third-order valence-electron chi connectivity index (χ3n) is 3.83. The minimum absolute atomic E-state index is 0.116.